The molecule has 0 saturated carbocycles. The van der Waals surface area contributed by atoms with E-state index >= 15 is 0 Å². The van der Waals surface area contributed by atoms with Gasteiger partial charge in [-0.2, -0.15) is 0 Å². The van der Waals surface area contributed by atoms with Gasteiger partial charge in [0.2, 0.25) is 0 Å². The lowest BCUT2D eigenvalue weighted by Gasteiger charge is -2.07. The number of carbonyl (C=O) groups is 2. The third-order valence-corrected chi connectivity index (χ3v) is 4.19. The maximum absolute atomic E-state index is 12.2. The van der Waals surface area contributed by atoms with Gasteiger partial charge in [-0.1, -0.05) is 30.3 Å². The third-order valence-electron chi connectivity index (χ3n) is 4.19. The molecule has 0 bridgehead atoms. The number of rotatable bonds is 5. The van der Waals surface area contributed by atoms with Crippen molar-refractivity contribution in [3.05, 3.63) is 65.4 Å². The lowest BCUT2D eigenvalue weighted by molar-refractivity contribution is 0.0549. The average Bonchev–Trinajstić information content (AvgIpc) is 2.98. The highest BCUT2D eigenvalue weighted by Crippen LogP contribution is 2.30. The summed E-state index contributed by atoms with van der Waals surface area (Å²) >= 11 is 0. The van der Waals surface area contributed by atoms with Crippen molar-refractivity contribution in [3.8, 4) is 5.75 Å². The number of nitrogens with zero attached hydrogens (tertiary/aromatic N) is 1. The first-order valence-corrected chi connectivity index (χ1v) is 8.02. The summed E-state index contributed by atoms with van der Waals surface area (Å²) in [6.45, 7) is 0.421. The van der Waals surface area contributed by atoms with Crippen molar-refractivity contribution in [1.82, 2.24) is 4.57 Å². The molecule has 0 saturated heterocycles. The van der Waals surface area contributed by atoms with Gasteiger partial charge >= 0.3 is 11.9 Å². The minimum absolute atomic E-state index is 0.148. The number of hydrogen-bond acceptors (Lipinski definition) is 5. The Balaban J connectivity index is 2.02. The molecule has 6 heteroatoms. The largest absolute Gasteiger partial charge is 0.489 e. The summed E-state index contributed by atoms with van der Waals surface area (Å²) in [7, 11) is 4.25. The predicted molar refractivity (Wildman–Crippen MR) is 96.4 cm³/mol. The summed E-state index contributed by atoms with van der Waals surface area (Å²) in [5.41, 5.74) is 2.06. The molecule has 0 aliphatic carbocycles. The van der Waals surface area contributed by atoms with Gasteiger partial charge < -0.3 is 18.8 Å². The quantitative estimate of drug-likeness (QED) is 0.658. The monoisotopic (exact) mass is 353 g/mol. The minimum Gasteiger partial charge on any atom is -0.489 e. The molecule has 0 amide bonds. The van der Waals surface area contributed by atoms with Gasteiger partial charge in [-0.15, -0.1) is 0 Å². The number of carbonyl (C=O) groups excluding carboxylic acids is 2. The Morgan fingerprint density at radius 1 is 0.962 bits per heavy atom. The molecule has 1 aromatic heterocycles. The van der Waals surface area contributed by atoms with Crippen molar-refractivity contribution in [1.29, 1.82) is 0 Å². The predicted octanol–water partition coefficient (Wildman–Crippen LogP) is 3.33. The zero-order valence-corrected chi connectivity index (χ0v) is 14.8. The van der Waals surface area contributed by atoms with Gasteiger partial charge in [0.1, 0.15) is 23.6 Å². The van der Waals surface area contributed by atoms with Gasteiger partial charge in [-0.05, 0) is 17.7 Å². The van der Waals surface area contributed by atoms with Crippen LogP contribution >= 0.6 is 0 Å². The van der Waals surface area contributed by atoms with E-state index in [9.17, 15) is 9.59 Å². The van der Waals surface area contributed by atoms with Crippen LogP contribution in [0.4, 0.5) is 0 Å². The van der Waals surface area contributed by atoms with E-state index in [1.807, 2.05) is 30.3 Å². The number of benzene rings is 2. The second-order valence-corrected chi connectivity index (χ2v) is 5.72. The van der Waals surface area contributed by atoms with Crippen LogP contribution in [0.5, 0.6) is 5.75 Å². The van der Waals surface area contributed by atoms with Gasteiger partial charge in [0, 0.05) is 18.5 Å². The van der Waals surface area contributed by atoms with E-state index in [4.69, 9.17) is 14.2 Å². The molecular weight excluding hydrogens is 334 g/mol. The highest BCUT2D eigenvalue weighted by molar-refractivity contribution is 6.13. The lowest BCUT2D eigenvalue weighted by atomic mass is 10.1. The molecule has 26 heavy (non-hydrogen) atoms. The highest BCUT2D eigenvalue weighted by Gasteiger charge is 2.27. The molecule has 134 valence electrons. The summed E-state index contributed by atoms with van der Waals surface area (Å²) in [5.74, 6) is -0.556. The summed E-state index contributed by atoms with van der Waals surface area (Å²) in [5, 5.41) is 0.604. The van der Waals surface area contributed by atoms with Crippen LogP contribution in [0.3, 0.4) is 0 Å². The minimum atomic E-state index is -0.601. The van der Waals surface area contributed by atoms with Crippen LogP contribution in [0.25, 0.3) is 10.9 Å². The number of methoxy groups -OCH3 is 2. The molecule has 3 rings (SSSR count). The molecule has 0 atom stereocenters. The standard InChI is InChI=1S/C20H19NO5/c1-21-16-11-14(26-12-13-7-5-4-6-8-13)9-10-15(16)17(19(22)24-2)18(21)20(23)25-3/h4-11H,12H2,1-3H3. The van der Waals surface area contributed by atoms with Crippen molar-refractivity contribution >= 4 is 22.8 Å². The summed E-state index contributed by atoms with van der Waals surface area (Å²) in [6.07, 6.45) is 0. The first-order valence-electron chi connectivity index (χ1n) is 8.02. The number of fused-ring (bicyclic) bond motifs is 1. The first-order chi connectivity index (χ1) is 12.6. The maximum Gasteiger partial charge on any atom is 0.355 e. The molecule has 3 aromatic rings. The Kier molecular flexibility index (Phi) is 4.93. The molecule has 2 aromatic carbocycles. The fraction of sp³-hybridized carbons (Fsp3) is 0.200. The smallest absolute Gasteiger partial charge is 0.355 e. The summed E-state index contributed by atoms with van der Waals surface area (Å²) < 4.78 is 17.1. The number of ether oxygens (including phenoxy) is 3. The summed E-state index contributed by atoms with van der Waals surface area (Å²) in [6, 6.07) is 15.1. The Bertz CT molecular complexity index is 959. The van der Waals surface area contributed by atoms with E-state index in [1.165, 1.54) is 14.2 Å². The number of aromatic nitrogens is 1. The normalized spacial score (nSPS) is 10.6. The van der Waals surface area contributed by atoms with Crippen LogP contribution < -0.4 is 4.74 Å². The van der Waals surface area contributed by atoms with E-state index in [0.29, 0.717) is 23.3 Å². The zero-order valence-electron chi connectivity index (χ0n) is 14.8. The summed E-state index contributed by atoms with van der Waals surface area (Å²) in [4.78, 5) is 24.4. The van der Waals surface area contributed by atoms with Gasteiger partial charge in [-0.25, -0.2) is 9.59 Å². The van der Waals surface area contributed by atoms with Crippen molar-refractivity contribution < 1.29 is 23.8 Å². The second kappa shape index (κ2) is 7.31. The molecule has 0 aliphatic heterocycles. The maximum atomic E-state index is 12.2. The SMILES string of the molecule is COC(=O)c1c(C(=O)OC)n(C)c2cc(OCc3ccccc3)ccc12. The van der Waals surface area contributed by atoms with Crippen molar-refractivity contribution in [2.45, 2.75) is 6.61 Å². The Labute approximate surface area is 150 Å². The molecule has 0 aliphatic rings. The van der Waals surface area contributed by atoms with E-state index in [-0.39, 0.29) is 11.3 Å². The Morgan fingerprint density at radius 3 is 2.31 bits per heavy atom. The van der Waals surface area contributed by atoms with Crippen molar-refractivity contribution in [2.24, 2.45) is 7.05 Å². The van der Waals surface area contributed by atoms with Crippen molar-refractivity contribution in [3.63, 3.8) is 0 Å². The molecule has 0 radical (unpaired) electrons. The molecular formula is C20H19NO5. The second-order valence-electron chi connectivity index (χ2n) is 5.72. The van der Waals surface area contributed by atoms with Crippen molar-refractivity contribution in [2.75, 3.05) is 14.2 Å². The molecule has 0 spiro atoms. The molecule has 0 N–H and O–H groups in total. The van der Waals surface area contributed by atoms with E-state index in [0.717, 1.165) is 5.56 Å². The molecule has 0 fully saturated rings. The molecule has 6 nitrogen and oxygen atoms in total. The van der Waals surface area contributed by atoms with Crippen LogP contribution in [0.2, 0.25) is 0 Å². The van der Waals surface area contributed by atoms with Crippen LogP contribution in [0.15, 0.2) is 48.5 Å². The number of hydrogen-bond donors (Lipinski definition) is 0. The van der Waals surface area contributed by atoms with E-state index in [1.54, 1.807) is 29.8 Å². The van der Waals surface area contributed by atoms with Crippen LogP contribution in [0.1, 0.15) is 26.4 Å². The van der Waals surface area contributed by atoms with E-state index in [2.05, 4.69) is 0 Å². The number of aryl methyl sites for hydroxylation is 1. The molecule has 1 heterocycles. The lowest BCUT2D eigenvalue weighted by Crippen LogP contribution is -2.13. The fourth-order valence-electron chi connectivity index (χ4n) is 2.89. The van der Waals surface area contributed by atoms with Gasteiger partial charge in [0.25, 0.3) is 0 Å². The van der Waals surface area contributed by atoms with Crippen LogP contribution in [0, 0.1) is 0 Å². The van der Waals surface area contributed by atoms with Gasteiger partial charge in [0.05, 0.1) is 19.7 Å². The average molecular weight is 353 g/mol. The topological polar surface area (TPSA) is 66.8 Å². The Morgan fingerprint density at radius 2 is 1.65 bits per heavy atom. The third kappa shape index (κ3) is 3.13. The zero-order chi connectivity index (χ0) is 18.7. The van der Waals surface area contributed by atoms with Gasteiger partial charge in [-0.3, -0.25) is 0 Å². The highest BCUT2D eigenvalue weighted by atomic mass is 16.5. The fourth-order valence-corrected chi connectivity index (χ4v) is 2.89. The molecule has 0 unspecified atom stereocenters. The first kappa shape index (κ1) is 17.5. The Hall–Kier alpha value is -3.28. The number of esters is 2. The van der Waals surface area contributed by atoms with Gasteiger partial charge in [0.15, 0.2) is 0 Å². The van der Waals surface area contributed by atoms with Crippen LogP contribution in [-0.2, 0) is 23.1 Å². The van der Waals surface area contributed by atoms with Crippen LogP contribution in [-0.4, -0.2) is 30.7 Å². The van der Waals surface area contributed by atoms with E-state index < -0.39 is 11.9 Å².